The lowest BCUT2D eigenvalue weighted by Gasteiger charge is -2.17. The van der Waals surface area contributed by atoms with Gasteiger partial charge in [-0.25, -0.2) is 9.37 Å². The van der Waals surface area contributed by atoms with Gasteiger partial charge in [-0.05, 0) is 37.1 Å². The van der Waals surface area contributed by atoms with E-state index < -0.39 is 4.92 Å². The zero-order valence-corrected chi connectivity index (χ0v) is 12.9. The van der Waals surface area contributed by atoms with Gasteiger partial charge in [0.25, 0.3) is 0 Å². The molecule has 0 saturated carbocycles. The molecule has 0 radical (unpaired) electrons. The number of hydrogen-bond donors (Lipinski definition) is 1. The Kier molecular flexibility index (Phi) is 4.64. The lowest BCUT2D eigenvalue weighted by molar-refractivity contribution is -0.384. The average molecular weight is 329 g/mol. The predicted molar refractivity (Wildman–Crippen MR) is 90.0 cm³/mol. The minimum absolute atomic E-state index is 0.00726. The fourth-order valence-corrected chi connectivity index (χ4v) is 2.59. The van der Waals surface area contributed by atoms with Crippen molar-refractivity contribution in [3.05, 3.63) is 58.0 Å². The fraction of sp³-hybridized carbons (Fsp3) is 0.250. The number of benzene rings is 1. The van der Waals surface area contributed by atoms with Gasteiger partial charge in [0.15, 0.2) is 0 Å². The molecule has 0 bridgehead atoms. The lowest BCUT2D eigenvalue weighted by Crippen LogP contribution is -2.17. The Morgan fingerprint density at radius 1 is 1.33 bits per heavy atom. The summed E-state index contributed by atoms with van der Waals surface area (Å²) in [5, 5.41) is 14.7. The minimum Gasteiger partial charge on any atom is -0.371 e. The zero-order chi connectivity index (χ0) is 16.9. The Morgan fingerprint density at radius 3 is 2.83 bits per heavy atom. The van der Waals surface area contributed by atoms with Crippen LogP contribution < -0.4 is 10.3 Å². The summed E-state index contributed by atoms with van der Waals surface area (Å²) in [5.41, 5.74) is 3.44. The maximum atomic E-state index is 14.2. The molecule has 2 aromatic rings. The molecule has 1 aliphatic rings. The Bertz CT molecular complexity index is 775. The highest BCUT2D eigenvalue weighted by molar-refractivity contribution is 5.81. The van der Waals surface area contributed by atoms with Crippen molar-refractivity contribution < 1.29 is 9.31 Å². The molecule has 1 aromatic heterocycles. The third-order valence-corrected chi connectivity index (χ3v) is 3.81. The van der Waals surface area contributed by atoms with Gasteiger partial charge in [-0.2, -0.15) is 5.10 Å². The van der Waals surface area contributed by atoms with Crippen LogP contribution in [0.2, 0.25) is 0 Å². The normalized spacial score (nSPS) is 14.3. The van der Waals surface area contributed by atoms with Crippen LogP contribution in [0.3, 0.4) is 0 Å². The summed E-state index contributed by atoms with van der Waals surface area (Å²) in [4.78, 5) is 16.3. The molecule has 0 aliphatic carbocycles. The largest absolute Gasteiger partial charge is 0.371 e. The van der Waals surface area contributed by atoms with E-state index in [1.807, 2.05) is 6.07 Å². The molecule has 1 aliphatic heterocycles. The van der Waals surface area contributed by atoms with E-state index in [1.54, 1.807) is 6.07 Å². The average Bonchev–Trinajstić information content (AvgIpc) is 3.11. The molecule has 124 valence electrons. The molecule has 0 atom stereocenters. The Balaban J connectivity index is 1.72. The zero-order valence-electron chi connectivity index (χ0n) is 12.9. The van der Waals surface area contributed by atoms with Crippen molar-refractivity contribution in [3.63, 3.8) is 0 Å². The van der Waals surface area contributed by atoms with Crippen LogP contribution in [0.5, 0.6) is 0 Å². The molecule has 3 rings (SSSR count). The Morgan fingerprint density at radius 2 is 2.12 bits per heavy atom. The number of hydrazone groups is 1. The number of rotatable bonds is 5. The maximum Gasteiger partial charge on any atom is 0.313 e. The van der Waals surface area contributed by atoms with E-state index in [1.165, 1.54) is 30.6 Å². The summed E-state index contributed by atoms with van der Waals surface area (Å²) in [6.07, 6.45) is 4.94. The van der Waals surface area contributed by atoms with E-state index in [2.05, 4.69) is 20.4 Å². The first kappa shape index (κ1) is 15.9. The molecule has 0 amide bonds. The SMILES string of the molecule is O=[N+]([O-])c1cccnc1N/N=C\c1ccc(N2CCCC2)cc1F. The molecule has 1 saturated heterocycles. The monoisotopic (exact) mass is 329 g/mol. The van der Waals surface area contributed by atoms with Crippen LogP contribution in [-0.4, -0.2) is 29.2 Å². The smallest absolute Gasteiger partial charge is 0.313 e. The van der Waals surface area contributed by atoms with Crippen LogP contribution in [0.4, 0.5) is 21.6 Å². The molecule has 0 spiro atoms. The molecule has 0 unspecified atom stereocenters. The quantitative estimate of drug-likeness (QED) is 0.517. The van der Waals surface area contributed by atoms with Crippen molar-refractivity contribution in [1.29, 1.82) is 0 Å². The van der Waals surface area contributed by atoms with Crippen LogP contribution in [0.15, 0.2) is 41.6 Å². The number of anilines is 2. The molecular formula is C16H16FN5O2. The standard InChI is InChI=1S/C16H16FN5O2/c17-14-10-13(21-8-1-2-9-21)6-5-12(14)11-19-20-16-15(22(23)24)4-3-7-18-16/h3-7,10-11H,1-2,8-9H2,(H,18,20)/b19-11-. The Hall–Kier alpha value is -3.03. The van der Waals surface area contributed by atoms with Gasteiger partial charge >= 0.3 is 5.69 Å². The third kappa shape index (κ3) is 3.48. The van der Waals surface area contributed by atoms with Crippen molar-refractivity contribution in [1.82, 2.24) is 4.98 Å². The summed E-state index contributed by atoms with van der Waals surface area (Å²) in [6, 6.07) is 7.75. The molecule has 1 N–H and O–H groups in total. The number of nitro groups is 1. The molecule has 1 fully saturated rings. The van der Waals surface area contributed by atoms with Gasteiger partial charge in [-0.15, -0.1) is 0 Å². The second-order valence-electron chi connectivity index (χ2n) is 5.40. The van der Waals surface area contributed by atoms with Gasteiger partial charge in [-0.3, -0.25) is 15.5 Å². The molecule has 8 heteroatoms. The number of nitrogens with zero attached hydrogens (tertiary/aromatic N) is 4. The van der Waals surface area contributed by atoms with Crippen LogP contribution in [0.1, 0.15) is 18.4 Å². The van der Waals surface area contributed by atoms with Crippen molar-refractivity contribution in [2.24, 2.45) is 5.10 Å². The number of nitrogens with one attached hydrogen (secondary N) is 1. The first-order valence-corrected chi connectivity index (χ1v) is 7.58. The van der Waals surface area contributed by atoms with Crippen molar-refractivity contribution in [2.75, 3.05) is 23.4 Å². The van der Waals surface area contributed by atoms with Crippen molar-refractivity contribution in [3.8, 4) is 0 Å². The van der Waals surface area contributed by atoms with Gasteiger partial charge in [0, 0.05) is 36.6 Å². The first-order valence-electron chi connectivity index (χ1n) is 7.58. The van der Waals surface area contributed by atoms with E-state index >= 15 is 0 Å². The summed E-state index contributed by atoms with van der Waals surface area (Å²) >= 11 is 0. The highest BCUT2D eigenvalue weighted by atomic mass is 19.1. The van der Waals surface area contributed by atoms with E-state index in [4.69, 9.17) is 0 Å². The van der Waals surface area contributed by atoms with E-state index in [-0.39, 0.29) is 17.3 Å². The predicted octanol–water partition coefficient (Wildman–Crippen LogP) is 3.18. The van der Waals surface area contributed by atoms with Crippen LogP contribution in [0.25, 0.3) is 0 Å². The summed E-state index contributed by atoms with van der Waals surface area (Å²) in [5.74, 6) is -0.381. The molecule has 2 heterocycles. The Labute approximate surface area is 138 Å². The second-order valence-corrected chi connectivity index (χ2v) is 5.40. The number of aromatic nitrogens is 1. The number of hydrogen-bond acceptors (Lipinski definition) is 6. The second kappa shape index (κ2) is 7.03. The topological polar surface area (TPSA) is 83.7 Å². The number of pyridine rings is 1. The summed E-state index contributed by atoms with van der Waals surface area (Å²) < 4.78 is 14.2. The molecule has 7 nitrogen and oxygen atoms in total. The summed E-state index contributed by atoms with van der Waals surface area (Å²) in [7, 11) is 0. The van der Waals surface area contributed by atoms with E-state index in [0.717, 1.165) is 31.6 Å². The molecular weight excluding hydrogens is 313 g/mol. The van der Waals surface area contributed by atoms with Gasteiger partial charge in [0.05, 0.1) is 11.1 Å². The van der Waals surface area contributed by atoms with E-state index in [0.29, 0.717) is 5.56 Å². The lowest BCUT2D eigenvalue weighted by atomic mass is 10.2. The molecule has 1 aromatic carbocycles. The van der Waals surface area contributed by atoms with Gasteiger partial charge in [0.1, 0.15) is 5.82 Å². The van der Waals surface area contributed by atoms with Crippen LogP contribution in [-0.2, 0) is 0 Å². The molecule has 24 heavy (non-hydrogen) atoms. The minimum atomic E-state index is -0.559. The highest BCUT2D eigenvalue weighted by Crippen LogP contribution is 2.23. The van der Waals surface area contributed by atoms with Gasteiger partial charge in [0.2, 0.25) is 5.82 Å². The van der Waals surface area contributed by atoms with Crippen LogP contribution >= 0.6 is 0 Å². The number of halogens is 1. The maximum absolute atomic E-state index is 14.2. The van der Waals surface area contributed by atoms with Crippen LogP contribution in [0, 0.1) is 15.9 Å². The fourth-order valence-electron chi connectivity index (χ4n) is 2.59. The van der Waals surface area contributed by atoms with E-state index in [9.17, 15) is 14.5 Å². The third-order valence-electron chi connectivity index (χ3n) is 3.81. The first-order chi connectivity index (χ1) is 11.6. The van der Waals surface area contributed by atoms with Crippen molar-refractivity contribution >= 4 is 23.4 Å². The van der Waals surface area contributed by atoms with Crippen molar-refractivity contribution in [2.45, 2.75) is 12.8 Å². The summed E-state index contributed by atoms with van der Waals surface area (Å²) in [6.45, 7) is 1.88. The van der Waals surface area contributed by atoms with Gasteiger partial charge in [-0.1, -0.05) is 0 Å². The highest BCUT2D eigenvalue weighted by Gasteiger charge is 2.14. The van der Waals surface area contributed by atoms with Gasteiger partial charge < -0.3 is 4.90 Å².